The molecule has 164 valence electrons. The van der Waals surface area contributed by atoms with Crippen LogP contribution in [-0.2, 0) is 0 Å². The number of thioether (sulfide) groups is 2. The van der Waals surface area contributed by atoms with Gasteiger partial charge in [-0.05, 0) is 89.6 Å². The molecule has 0 aliphatic heterocycles. The maximum Gasteiger partial charge on any atom is 0.0798 e. The summed E-state index contributed by atoms with van der Waals surface area (Å²) in [6.45, 7) is 9.07. The molecule has 0 saturated heterocycles. The number of unbranched alkanes of at least 4 members (excludes halogenated alkanes) is 2. The van der Waals surface area contributed by atoms with Gasteiger partial charge >= 0.3 is 0 Å². The second-order valence-corrected chi connectivity index (χ2v) is 10.7. The third kappa shape index (κ3) is 9.04. The van der Waals surface area contributed by atoms with E-state index in [1.807, 2.05) is 23.5 Å². The molecule has 0 spiro atoms. The van der Waals surface area contributed by atoms with E-state index in [1.54, 1.807) is 0 Å². The highest BCUT2D eigenvalue weighted by Crippen LogP contribution is 2.31. The van der Waals surface area contributed by atoms with Gasteiger partial charge in [-0.1, -0.05) is 61.5 Å². The fourth-order valence-electron chi connectivity index (χ4n) is 3.67. The molecular weight excluding hydrogens is 400 g/mol. The van der Waals surface area contributed by atoms with E-state index in [0.717, 1.165) is 24.3 Å². The fraction of sp³-hybridized carbons (Fsp3) is 0.643. The van der Waals surface area contributed by atoms with Crippen molar-refractivity contribution in [2.24, 2.45) is 0 Å². The van der Waals surface area contributed by atoms with Crippen LogP contribution in [-0.4, -0.2) is 11.5 Å². The Bertz CT molecular complexity index is 705. The monoisotopic (exact) mass is 440 g/mol. The van der Waals surface area contributed by atoms with Gasteiger partial charge in [0.15, 0.2) is 0 Å². The maximum atomic E-state index is 3.60. The normalized spacial score (nSPS) is 17.7. The van der Waals surface area contributed by atoms with Crippen LogP contribution >= 0.6 is 23.5 Å². The van der Waals surface area contributed by atoms with Crippen LogP contribution in [0.1, 0.15) is 105 Å². The van der Waals surface area contributed by atoms with E-state index < -0.39 is 0 Å². The predicted octanol–water partition coefficient (Wildman–Crippen LogP) is 9.05. The zero-order valence-electron chi connectivity index (χ0n) is 19.7. The van der Waals surface area contributed by atoms with Crippen LogP contribution < -0.4 is 0 Å². The summed E-state index contributed by atoms with van der Waals surface area (Å²) < 4.78 is 0. The highest BCUT2D eigenvalue weighted by molar-refractivity contribution is 8.07. The smallest absolute Gasteiger partial charge is 0.0798 e. The quantitative estimate of drug-likeness (QED) is 0.273. The van der Waals surface area contributed by atoms with Crippen molar-refractivity contribution < 1.29 is 0 Å². The minimum Gasteiger partial charge on any atom is -0.115 e. The summed E-state index contributed by atoms with van der Waals surface area (Å²) in [5.74, 6) is 16.6. The summed E-state index contributed by atoms with van der Waals surface area (Å²) in [4.78, 5) is 2.44. The van der Waals surface area contributed by atoms with Crippen molar-refractivity contribution in [2.75, 3.05) is 11.5 Å². The van der Waals surface area contributed by atoms with Crippen LogP contribution in [0.2, 0.25) is 0 Å². The first-order valence-corrected chi connectivity index (χ1v) is 14.0. The van der Waals surface area contributed by atoms with Gasteiger partial charge in [0.25, 0.3) is 0 Å². The molecule has 0 saturated carbocycles. The summed E-state index contributed by atoms with van der Waals surface area (Å²) in [6, 6.07) is 0. The lowest BCUT2D eigenvalue weighted by atomic mass is 9.93. The molecule has 0 aromatic carbocycles. The minimum absolute atomic E-state index is 1.14. The summed E-state index contributed by atoms with van der Waals surface area (Å²) in [5.41, 5.74) is 5.76. The molecule has 2 rings (SSSR count). The molecular formula is C28H40S2. The van der Waals surface area contributed by atoms with Gasteiger partial charge in [0.1, 0.15) is 0 Å². The van der Waals surface area contributed by atoms with Crippen molar-refractivity contribution in [2.45, 2.75) is 105 Å². The first kappa shape index (κ1) is 25.3. The zero-order chi connectivity index (χ0) is 21.6. The van der Waals surface area contributed by atoms with Crippen molar-refractivity contribution >= 4 is 23.5 Å². The molecule has 30 heavy (non-hydrogen) atoms. The molecule has 0 aromatic rings. The average Bonchev–Trinajstić information content (AvgIpc) is 2.75. The molecule has 0 N–H and O–H groups in total. The van der Waals surface area contributed by atoms with Gasteiger partial charge in [-0.25, -0.2) is 0 Å². The number of allylic oxidation sites excluding steroid dienone is 6. The Morgan fingerprint density at radius 2 is 1.07 bits per heavy atom. The van der Waals surface area contributed by atoms with E-state index in [0.29, 0.717) is 0 Å². The second kappa shape index (κ2) is 14.9. The number of hydrogen-bond donors (Lipinski definition) is 0. The summed E-state index contributed by atoms with van der Waals surface area (Å²) in [6.07, 6.45) is 14.9. The molecule has 2 aliphatic rings. The van der Waals surface area contributed by atoms with Gasteiger partial charge in [-0.3, -0.25) is 0 Å². The molecule has 2 heteroatoms. The molecule has 0 radical (unpaired) electrons. The van der Waals surface area contributed by atoms with E-state index in [9.17, 15) is 0 Å². The van der Waals surface area contributed by atoms with Crippen molar-refractivity contribution in [1.29, 1.82) is 0 Å². The molecule has 0 amide bonds. The Kier molecular flexibility index (Phi) is 12.6. The van der Waals surface area contributed by atoms with Crippen molar-refractivity contribution in [3.05, 3.63) is 32.1 Å². The molecule has 0 unspecified atom stereocenters. The molecule has 0 fully saturated rings. The van der Waals surface area contributed by atoms with Gasteiger partial charge in [-0.15, -0.1) is 23.5 Å². The van der Waals surface area contributed by atoms with Crippen molar-refractivity contribution in [3.8, 4) is 23.7 Å². The fourth-order valence-corrected chi connectivity index (χ4v) is 5.91. The SMILES string of the molecule is CCCCS/C(C#CC1=C(C)CCCC1)=C(\C#CC1=C(C)CCCC1)SCCCC. The van der Waals surface area contributed by atoms with E-state index in [4.69, 9.17) is 0 Å². The van der Waals surface area contributed by atoms with Crippen LogP contribution in [0.4, 0.5) is 0 Å². The van der Waals surface area contributed by atoms with Crippen molar-refractivity contribution in [1.82, 2.24) is 0 Å². The Balaban J connectivity index is 2.37. The Morgan fingerprint density at radius 1 is 0.667 bits per heavy atom. The van der Waals surface area contributed by atoms with Gasteiger partial charge in [0, 0.05) is 11.1 Å². The summed E-state index contributed by atoms with van der Waals surface area (Å²) in [5, 5.41) is 0. The maximum absolute atomic E-state index is 3.60. The second-order valence-electron chi connectivity index (χ2n) is 8.49. The first-order chi connectivity index (χ1) is 14.7. The van der Waals surface area contributed by atoms with E-state index in [-0.39, 0.29) is 0 Å². The minimum atomic E-state index is 1.14. The van der Waals surface area contributed by atoms with Gasteiger partial charge < -0.3 is 0 Å². The molecule has 0 bridgehead atoms. The van der Waals surface area contributed by atoms with E-state index >= 15 is 0 Å². The highest BCUT2D eigenvalue weighted by Gasteiger charge is 2.10. The molecule has 2 aliphatic carbocycles. The lowest BCUT2D eigenvalue weighted by molar-refractivity contribution is 0.686. The molecule has 0 aromatic heterocycles. The van der Waals surface area contributed by atoms with Crippen LogP contribution in [0, 0.1) is 23.7 Å². The Labute approximate surface area is 195 Å². The molecule has 0 atom stereocenters. The predicted molar refractivity (Wildman–Crippen MR) is 140 cm³/mol. The van der Waals surface area contributed by atoms with Gasteiger partial charge in [-0.2, -0.15) is 0 Å². The standard InChI is InChI=1S/C28H40S2/c1-5-7-21-29-27(19-17-25-15-11-9-13-23(25)3)28(30-22-8-6-2)20-18-26-16-12-10-14-24(26)4/h5-16,21-22H2,1-4H3/b28-27+. The highest BCUT2D eigenvalue weighted by atomic mass is 32.2. The lowest BCUT2D eigenvalue weighted by Crippen LogP contribution is -1.96. The zero-order valence-corrected chi connectivity index (χ0v) is 21.3. The topological polar surface area (TPSA) is 0 Å². The largest absolute Gasteiger partial charge is 0.115 e. The third-order valence-electron chi connectivity index (χ3n) is 5.84. The van der Waals surface area contributed by atoms with Crippen LogP contribution in [0.25, 0.3) is 0 Å². The number of rotatable bonds is 8. The van der Waals surface area contributed by atoms with E-state index in [1.165, 1.54) is 96.3 Å². The first-order valence-electron chi connectivity index (χ1n) is 12.1. The van der Waals surface area contributed by atoms with Crippen molar-refractivity contribution in [3.63, 3.8) is 0 Å². The summed E-state index contributed by atoms with van der Waals surface area (Å²) >= 11 is 3.87. The van der Waals surface area contributed by atoms with Crippen LogP contribution in [0.3, 0.4) is 0 Å². The molecule has 0 heterocycles. The Morgan fingerprint density at radius 3 is 1.43 bits per heavy atom. The number of hydrogen-bond acceptors (Lipinski definition) is 2. The molecule has 0 nitrogen and oxygen atoms in total. The Hall–Kier alpha value is -0.960. The van der Waals surface area contributed by atoms with Crippen LogP contribution in [0.15, 0.2) is 32.1 Å². The summed E-state index contributed by atoms with van der Waals surface area (Å²) in [7, 11) is 0. The van der Waals surface area contributed by atoms with Gasteiger partial charge in [0.2, 0.25) is 0 Å². The van der Waals surface area contributed by atoms with Gasteiger partial charge in [0.05, 0.1) is 9.81 Å². The lowest BCUT2D eigenvalue weighted by Gasteiger charge is -2.13. The van der Waals surface area contributed by atoms with E-state index in [2.05, 4.69) is 51.4 Å². The average molecular weight is 441 g/mol. The van der Waals surface area contributed by atoms with Crippen LogP contribution in [0.5, 0.6) is 0 Å². The third-order valence-corrected chi connectivity index (χ3v) is 8.14.